The fourth-order valence-corrected chi connectivity index (χ4v) is 4.33. The molecule has 2 aromatic carbocycles. The van der Waals surface area contributed by atoms with Crippen LogP contribution in [0.25, 0.3) is 22.2 Å². The van der Waals surface area contributed by atoms with E-state index in [1.54, 1.807) is 18.3 Å². The Morgan fingerprint density at radius 3 is 2.20 bits per heavy atom. The van der Waals surface area contributed by atoms with Crippen molar-refractivity contribution in [3.63, 3.8) is 0 Å². The van der Waals surface area contributed by atoms with Crippen LogP contribution in [0.3, 0.4) is 0 Å². The zero-order valence-corrected chi connectivity index (χ0v) is 18.6. The third-order valence-electron chi connectivity index (χ3n) is 5.81. The normalized spacial score (nSPS) is 14.7. The maximum absolute atomic E-state index is 13.9. The first kappa shape index (κ1) is 23.3. The van der Waals surface area contributed by atoms with Crippen LogP contribution in [-0.2, 0) is 6.18 Å². The number of aromatic nitrogens is 3. The first-order valence-corrected chi connectivity index (χ1v) is 10.9. The number of halogens is 7. The molecule has 2 aromatic heterocycles. The fourth-order valence-electron chi connectivity index (χ4n) is 4.09. The lowest BCUT2D eigenvalue weighted by atomic mass is 10.0. The van der Waals surface area contributed by atoms with Gasteiger partial charge < -0.3 is 14.8 Å². The Hall–Kier alpha value is -3.47. The van der Waals surface area contributed by atoms with E-state index in [0.29, 0.717) is 55.1 Å². The molecule has 1 N–H and O–H groups in total. The highest BCUT2D eigenvalue weighted by molar-refractivity contribution is 6.32. The highest BCUT2D eigenvalue weighted by Gasteiger charge is 2.33. The SMILES string of the molecule is Fc1cc(-c2cc(C(F)(F)F)cc3[nH]c(N4CCN(c5ncccc5Cl)CC4)nc23)cc(F)c1F. The quantitative estimate of drug-likeness (QED) is 0.269. The van der Waals surface area contributed by atoms with E-state index in [1.165, 1.54) is 0 Å². The lowest BCUT2D eigenvalue weighted by Gasteiger charge is -2.35. The lowest BCUT2D eigenvalue weighted by molar-refractivity contribution is -0.137. The molecule has 3 heterocycles. The molecule has 35 heavy (non-hydrogen) atoms. The number of fused-ring (bicyclic) bond motifs is 1. The highest BCUT2D eigenvalue weighted by Crippen LogP contribution is 2.38. The van der Waals surface area contributed by atoms with Crippen molar-refractivity contribution in [2.45, 2.75) is 6.18 Å². The summed E-state index contributed by atoms with van der Waals surface area (Å²) in [7, 11) is 0. The van der Waals surface area contributed by atoms with Crippen LogP contribution in [0.4, 0.5) is 38.1 Å². The van der Waals surface area contributed by atoms with Crippen molar-refractivity contribution >= 4 is 34.4 Å². The molecule has 12 heteroatoms. The summed E-state index contributed by atoms with van der Waals surface area (Å²) in [6.45, 7) is 1.99. The van der Waals surface area contributed by atoms with Gasteiger partial charge >= 0.3 is 6.18 Å². The van der Waals surface area contributed by atoms with Gasteiger partial charge in [-0.2, -0.15) is 13.2 Å². The van der Waals surface area contributed by atoms with Crippen molar-refractivity contribution in [3.8, 4) is 11.1 Å². The fraction of sp³-hybridized carbons (Fsp3) is 0.217. The van der Waals surface area contributed by atoms with Gasteiger partial charge in [-0.25, -0.2) is 23.1 Å². The van der Waals surface area contributed by atoms with Crippen molar-refractivity contribution in [1.82, 2.24) is 15.0 Å². The second-order valence-electron chi connectivity index (χ2n) is 8.01. The molecule has 0 atom stereocenters. The van der Waals surface area contributed by atoms with Crippen LogP contribution >= 0.6 is 11.6 Å². The van der Waals surface area contributed by atoms with Gasteiger partial charge in [-0.05, 0) is 42.0 Å². The van der Waals surface area contributed by atoms with Crippen LogP contribution in [-0.4, -0.2) is 41.1 Å². The third-order valence-corrected chi connectivity index (χ3v) is 6.11. The largest absolute Gasteiger partial charge is 0.416 e. The van der Waals surface area contributed by atoms with Crippen molar-refractivity contribution in [1.29, 1.82) is 0 Å². The summed E-state index contributed by atoms with van der Waals surface area (Å²) in [5.41, 5.74) is -1.35. The van der Waals surface area contributed by atoms with Gasteiger partial charge in [-0.1, -0.05) is 11.6 Å². The third kappa shape index (κ3) is 4.36. The van der Waals surface area contributed by atoms with Crippen molar-refractivity contribution in [2.24, 2.45) is 0 Å². The zero-order chi connectivity index (χ0) is 24.9. The second-order valence-corrected chi connectivity index (χ2v) is 8.42. The van der Waals surface area contributed by atoms with Gasteiger partial charge in [-0.3, -0.25) is 0 Å². The average molecular weight is 512 g/mol. The van der Waals surface area contributed by atoms with E-state index in [9.17, 15) is 26.3 Å². The van der Waals surface area contributed by atoms with E-state index in [4.69, 9.17) is 11.6 Å². The smallest absolute Gasteiger partial charge is 0.352 e. The summed E-state index contributed by atoms with van der Waals surface area (Å²) in [5.74, 6) is -3.78. The predicted molar refractivity (Wildman–Crippen MR) is 120 cm³/mol. The molecule has 0 spiro atoms. The van der Waals surface area contributed by atoms with Crippen LogP contribution in [0.2, 0.25) is 5.02 Å². The Balaban J connectivity index is 1.52. The summed E-state index contributed by atoms with van der Waals surface area (Å²) in [6.07, 6.45) is -3.09. The zero-order valence-electron chi connectivity index (χ0n) is 17.8. The number of hydrogen-bond acceptors (Lipinski definition) is 4. The summed E-state index contributed by atoms with van der Waals surface area (Å²) in [5, 5.41) is 0.507. The van der Waals surface area contributed by atoms with Gasteiger partial charge in [0.25, 0.3) is 0 Å². The van der Waals surface area contributed by atoms with Gasteiger partial charge in [0, 0.05) is 37.9 Å². The van der Waals surface area contributed by atoms with Gasteiger partial charge in [-0.15, -0.1) is 0 Å². The number of pyridine rings is 1. The van der Waals surface area contributed by atoms with Crippen molar-refractivity contribution in [2.75, 3.05) is 36.0 Å². The first-order valence-electron chi connectivity index (χ1n) is 10.5. The number of rotatable bonds is 3. The number of benzene rings is 2. The van der Waals surface area contributed by atoms with E-state index in [1.807, 2.05) is 9.80 Å². The maximum Gasteiger partial charge on any atom is 0.416 e. The van der Waals surface area contributed by atoms with Gasteiger partial charge in [0.05, 0.1) is 21.6 Å². The molecule has 5 rings (SSSR count). The summed E-state index contributed by atoms with van der Waals surface area (Å²) >= 11 is 6.22. The molecule has 4 aromatic rings. The van der Waals surface area contributed by atoms with Crippen LogP contribution < -0.4 is 9.80 Å². The molecule has 1 saturated heterocycles. The van der Waals surface area contributed by atoms with Crippen LogP contribution in [0.5, 0.6) is 0 Å². The minimum atomic E-state index is -4.72. The molecule has 1 fully saturated rings. The second kappa shape index (κ2) is 8.63. The molecule has 0 saturated carbocycles. The molecule has 0 radical (unpaired) electrons. The lowest BCUT2D eigenvalue weighted by Crippen LogP contribution is -2.47. The molecule has 0 bridgehead atoms. The molecular formula is C23H16ClF6N5. The van der Waals surface area contributed by atoms with E-state index < -0.39 is 29.2 Å². The van der Waals surface area contributed by atoms with E-state index in [0.717, 1.165) is 12.1 Å². The number of aromatic amines is 1. The van der Waals surface area contributed by atoms with Crippen LogP contribution in [0.1, 0.15) is 5.56 Å². The van der Waals surface area contributed by atoms with Gasteiger partial charge in [0.1, 0.15) is 5.82 Å². The summed E-state index contributed by atoms with van der Waals surface area (Å²) < 4.78 is 81.9. The van der Waals surface area contributed by atoms with E-state index in [-0.39, 0.29) is 22.2 Å². The Morgan fingerprint density at radius 2 is 1.57 bits per heavy atom. The molecule has 0 amide bonds. The standard InChI is InChI=1S/C23H16ClF6N5/c24-15-2-1-3-31-21(15)34-4-6-35(7-5-34)22-32-18-11-13(23(28,29)30)10-14(20(18)33-22)12-8-16(25)19(27)17(26)9-12/h1-3,8-11H,4-7H2,(H,32,33). The molecule has 0 unspecified atom stereocenters. The number of imidazole rings is 1. The predicted octanol–water partition coefficient (Wildman–Crippen LogP) is 6.04. The molecular weight excluding hydrogens is 496 g/mol. The number of piperazine rings is 1. The number of nitrogens with zero attached hydrogens (tertiary/aromatic N) is 4. The maximum atomic E-state index is 13.9. The minimum Gasteiger partial charge on any atom is -0.352 e. The van der Waals surface area contributed by atoms with Crippen molar-refractivity contribution in [3.05, 3.63) is 70.6 Å². The Bertz CT molecular complexity index is 1390. The number of nitrogens with one attached hydrogen (secondary N) is 1. The van der Waals surface area contributed by atoms with Crippen LogP contribution in [0, 0.1) is 17.5 Å². The topological polar surface area (TPSA) is 48.1 Å². The molecule has 1 aliphatic rings. The van der Waals surface area contributed by atoms with E-state index in [2.05, 4.69) is 15.0 Å². The van der Waals surface area contributed by atoms with E-state index >= 15 is 0 Å². The monoisotopic (exact) mass is 511 g/mol. The Morgan fingerprint density at radius 1 is 0.914 bits per heavy atom. The average Bonchev–Trinajstić information content (AvgIpc) is 3.26. The van der Waals surface area contributed by atoms with Gasteiger partial charge in [0.15, 0.2) is 17.5 Å². The van der Waals surface area contributed by atoms with Crippen molar-refractivity contribution < 1.29 is 26.3 Å². The van der Waals surface area contributed by atoms with Crippen LogP contribution in [0.15, 0.2) is 42.6 Å². The Kier molecular flexibility index (Phi) is 5.74. The Labute approximate surface area is 200 Å². The number of alkyl halides is 3. The minimum absolute atomic E-state index is 0.0326. The highest BCUT2D eigenvalue weighted by atomic mass is 35.5. The molecule has 182 valence electrons. The number of hydrogen-bond donors (Lipinski definition) is 1. The molecule has 5 nitrogen and oxygen atoms in total. The first-order chi connectivity index (χ1) is 16.6. The summed E-state index contributed by atoms with van der Waals surface area (Å²) in [6, 6.07) is 6.39. The van der Waals surface area contributed by atoms with Gasteiger partial charge in [0.2, 0.25) is 5.95 Å². The molecule has 1 aliphatic heterocycles. The number of H-pyrrole nitrogens is 1. The molecule has 0 aliphatic carbocycles. The summed E-state index contributed by atoms with van der Waals surface area (Å²) in [4.78, 5) is 15.4. The number of anilines is 2.